The number of aromatic nitrogens is 1. The number of nitrogens with zero attached hydrogens (tertiary/aromatic N) is 1. The second-order valence-electron chi connectivity index (χ2n) is 7.62. The monoisotopic (exact) mass is 362 g/mol. The number of H-pyrrole nitrogens is 1. The molecular formula is C19H26N2O5. The van der Waals surface area contributed by atoms with Crippen LogP contribution in [0.2, 0.25) is 0 Å². The second kappa shape index (κ2) is 6.79. The molecule has 0 saturated carbocycles. The Hall–Kier alpha value is -1.70. The van der Waals surface area contributed by atoms with Crippen molar-refractivity contribution in [3.8, 4) is 0 Å². The molecule has 1 aromatic heterocycles. The summed E-state index contributed by atoms with van der Waals surface area (Å²) in [5.41, 5.74) is 0.0608. The van der Waals surface area contributed by atoms with E-state index in [4.69, 9.17) is 9.47 Å². The molecule has 26 heavy (non-hydrogen) atoms. The second-order valence-corrected chi connectivity index (χ2v) is 7.62. The van der Waals surface area contributed by atoms with Gasteiger partial charge in [0.25, 0.3) is 5.91 Å². The van der Waals surface area contributed by atoms with Crippen LogP contribution >= 0.6 is 0 Å². The van der Waals surface area contributed by atoms with Crippen molar-refractivity contribution >= 4 is 5.91 Å². The fraction of sp³-hybridized carbons (Fsp3) is 0.684. The minimum absolute atomic E-state index is 0.0695. The number of aromatic amines is 1. The lowest BCUT2D eigenvalue weighted by Crippen LogP contribution is -2.68. The van der Waals surface area contributed by atoms with Crippen molar-refractivity contribution in [1.29, 1.82) is 0 Å². The first-order valence-corrected chi connectivity index (χ1v) is 9.45. The van der Waals surface area contributed by atoms with Crippen LogP contribution in [-0.4, -0.2) is 65.5 Å². The molecule has 3 saturated heterocycles. The molecule has 142 valence electrons. The summed E-state index contributed by atoms with van der Waals surface area (Å²) in [6, 6.07) is 3.06. The maximum Gasteiger partial charge on any atom is 0.254 e. The van der Waals surface area contributed by atoms with E-state index < -0.39 is 5.60 Å². The number of hydrogen-bond donors (Lipinski definition) is 2. The first-order chi connectivity index (χ1) is 12.5. The van der Waals surface area contributed by atoms with Crippen molar-refractivity contribution < 1.29 is 19.4 Å². The molecule has 0 bridgehead atoms. The van der Waals surface area contributed by atoms with E-state index in [9.17, 15) is 14.7 Å². The molecule has 2 N–H and O–H groups in total. The number of nitrogens with one attached hydrogen (secondary N) is 1. The fourth-order valence-corrected chi connectivity index (χ4v) is 4.77. The van der Waals surface area contributed by atoms with Crippen molar-refractivity contribution in [2.24, 2.45) is 11.8 Å². The topological polar surface area (TPSA) is 91.9 Å². The van der Waals surface area contributed by atoms with Crippen molar-refractivity contribution in [1.82, 2.24) is 9.88 Å². The van der Waals surface area contributed by atoms with Crippen molar-refractivity contribution in [3.05, 3.63) is 33.7 Å². The molecule has 0 spiro atoms. The molecule has 0 unspecified atom stereocenters. The molecule has 1 aromatic rings. The summed E-state index contributed by atoms with van der Waals surface area (Å²) in [6.07, 6.45) is 1.94. The third kappa shape index (κ3) is 2.88. The van der Waals surface area contributed by atoms with Gasteiger partial charge in [-0.25, -0.2) is 0 Å². The van der Waals surface area contributed by atoms with Gasteiger partial charge in [-0.1, -0.05) is 6.92 Å². The highest BCUT2D eigenvalue weighted by molar-refractivity contribution is 5.94. The van der Waals surface area contributed by atoms with Crippen LogP contribution in [-0.2, 0) is 15.9 Å². The van der Waals surface area contributed by atoms with E-state index in [1.165, 1.54) is 6.07 Å². The van der Waals surface area contributed by atoms with E-state index in [1.54, 1.807) is 6.07 Å². The maximum atomic E-state index is 13.3. The highest BCUT2D eigenvalue weighted by Gasteiger charge is 2.56. The van der Waals surface area contributed by atoms with Gasteiger partial charge in [-0.2, -0.15) is 0 Å². The Morgan fingerprint density at radius 1 is 1.35 bits per heavy atom. The predicted octanol–water partition coefficient (Wildman–Crippen LogP) is 0.566. The Balaban J connectivity index is 1.68. The summed E-state index contributed by atoms with van der Waals surface area (Å²) in [5.74, 6) is -0.387. The Morgan fingerprint density at radius 3 is 2.96 bits per heavy atom. The molecule has 4 heterocycles. The maximum absolute atomic E-state index is 13.3. The van der Waals surface area contributed by atoms with Gasteiger partial charge in [0.1, 0.15) is 0 Å². The summed E-state index contributed by atoms with van der Waals surface area (Å²) in [4.78, 5) is 29.8. The Bertz CT molecular complexity index is 748. The number of aliphatic hydroxyl groups is 1. The molecule has 7 heteroatoms. The third-order valence-electron chi connectivity index (χ3n) is 6.24. The molecule has 4 rings (SSSR count). The normalized spacial score (nSPS) is 34.1. The number of aryl methyl sites for hydroxylation is 1. The number of hydrogen-bond acceptors (Lipinski definition) is 5. The van der Waals surface area contributed by atoms with Crippen molar-refractivity contribution in [2.75, 3.05) is 33.0 Å². The average Bonchev–Trinajstić information content (AvgIpc) is 2.66. The molecular weight excluding hydrogens is 336 g/mol. The van der Waals surface area contributed by atoms with E-state index in [0.29, 0.717) is 57.8 Å². The first-order valence-electron chi connectivity index (χ1n) is 9.45. The number of ether oxygens (including phenoxy) is 2. The largest absolute Gasteiger partial charge is 0.389 e. The SMILES string of the molecule is CCc1cc(C(=O)N2C[C@H]3COCC[C@@]3(O)[C@@H]3COCC[C@@H]32)cc(=O)[nH]1. The number of fused-ring (bicyclic) bond motifs is 3. The zero-order valence-electron chi connectivity index (χ0n) is 15.1. The Kier molecular flexibility index (Phi) is 4.62. The van der Waals surface area contributed by atoms with Crippen LogP contribution in [0.1, 0.15) is 35.8 Å². The highest BCUT2D eigenvalue weighted by atomic mass is 16.5. The zero-order chi connectivity index (χ0) is 18.3. The number of likely N-dealkylation sites (tertiary alicyclic amines) is 1. The molecule has 0 radical (unpaired) electrons. The van der Waals surface area contributed by atoms with Crippen LogP contribution < -0.4 is 5.56 Å². The molecule has 3 aliphatic rings. The molecule has 0 aliphatic carbocycles. The summed E-state index contributed by atoms with van der Waals surface area (Å²) in [7, 11) is 0. The molecule has 4 atom stereocenters. The van der Waals surface area contributed by atoms with Crippen LogP contribution in [0.25, 0.3) is 0 Å². The van der Waals surface area contributed by atoms with Gasteiger partial charge in [0.15, 0.2) is 0 Å². The number of rotatable bonds is 2. The van der Waals surface area contributed by atoms with Gasteiger partial charge in [-0.05, 0) is 18.9 Å². The predicted molar refractivity (Wildman–Crippen MR) is 94.1 cm³/mol. The van der Waals surface area contributed by atoms with E-state index in [2.05, 4.69) is 4.98 Å². The van der Waals surface area contributed by atoms with Crippen LogP contribution in [0.4, 0.5) is 0 Å². The molecule has 3 aliphatic heterocycles. The first kappa shape index (κ1) is 17.7. The fourth-order valence-electron chi connectivity index (χ4n) is 4.77. The number of pyridine rings is 1. The minimum Gasteiger partial charge on any atom is -0.389 e. The van der Waals surface area contributed by atoms with Gasteiger partial charge in [-0.15, -0.1) is 0 Å². The number of piperidine rings is 1. The van der Waals surface area contributed by atoms with Crippen molar-refractivity contribution in [3.63, 3.8) is 0 Å². The lowest BCUT2D eigenvalue weighted by Gasteiger charge is -2.57. The summed E-state index contributed by atoms with van der Waals surface area (Å²) in [6.45, 7) is 4.41. The van der Waals surface area contributed by atoms with E-state index >= 15 is 0 Å². The van der Waals surface area contributed by atoms with Gasteiger partial charge < -0.3 is 24.5 Å². The number of amides is 1. The highest BCUT2D eigenvalue weighted by Crippen LogP contribution is 2.44. The van der Waals surface area contributed by atoms with Crippen LogP contribution in [0.15, 0.2) is 16.9 Å². The average molecular weight is 362 g/mol. The summed E-state index contributed by atoms with van der Waals surface area (Å²) in [5, 5.41) is 11.3. The van der Waals surface area contributed by atoms with Crippen LogP contribution in [0.5, 0.6) is 0 Å². The van der Waals surface area contributed by atoms with Gasteiger partial charge in [0.2, 0.25) is 5.56 Å². The van der Waals surface area contributed by atoms with Gasteiger partial charge >= 0.3 is 0 Å². The van der Waals surface area contributed by atoms with Gasteiger partial charge in [0.05, 0.1) is 18.8 Å². The molecule has 3 fully saturated rings. The number of carbonyl (C=O) groups is 1. The quantitative estimate of drug-likeness (QED) is 0.802. The number of carbonyl (C=O) groups excluding carboxylic acids is 1. The van der Waals surface area contributed by atoms with E-state index in [-0.39, 0.29) is 29.3 Å². The summed E-state index contributed by atoms with van der Waals surface area (Å²) < 4.78 is 11.2. The zero-order valence-corrected chi connectivity index (χ0v) is 15.1. The molecule has 1 amide bonds. The van der Waals surface area contributed by atoms with Crippen LogP contribution in [0, 0.1) is 11.8 Å². The smallest absolute Gasteiger partial charge is 0.254 e. The molecule has 7 nitrogen and oxygen atoms in total. The van der Waals surface area contributed by atoms with E-state index in [1.807, 2.05) is 11.8 Å². The Labute approximate surface area is 152 Å². The minimum atomic E-state index is -0.844. The van der Waals surface area contributed by atoms with Crippen molar-refractivity contribution in [2.45, 2.75) is 37.8 Å². The van der Waals surface area contributed by atoms with Gasteiger partial charge in [-0.3, -0.25) is 9.59 Å². The lowest BCUT2D eigenvalue weighted by atomic mass is 9.66. The van der Waals surface area contributed by atoms with Gasteiger partial charge in [0, 0.05) is 61.4 Å². The third-order valence-corrected chi connectivity index (χ3v) is 6.24. The standard InChI is InChI=1S/C19H26N2O5/c1-2-14-7-12(8-17(22)20-14)18(23)21-9-13-10-26-6-4-19(13,24)15-11-25-5-3-16(15)21/h7-8,13,15-16,24H,2-6,9-11H2,1H3,(H,20,22)/t13-,15+,16-,19-/m0/s1. The lowest BCUT2D eigenvalue weighted by molar-refractivity contribution is -0.212. The van der Waals surface area contributed by atoms with Crippen LogP contribution in [0.3, 0.4) is 0 Å². The summed E-state index contributed by atoms with van der Waals surface area (Å²) >= 11 is 0. The molecule has 0 aromatic carbocycles. The Morgan fingerprint density at radius 2 is 2.15 bits per heavy atom. The van der Waals surface area contributed by atoms with E-state index in [0.717, 1.165) is 5.69 Å².